The molecule has 0 atom stereocenters. The van der Waals surface area contributed by atoms with Gasteiger partial charge in [-0.2, -0.15) is 0 Å². The molecule has 0 aliphatic rings. The van der Waals surface area contributed by atoms with E-state index in [1.807, 2.05) is 0 Å². The largest absolute Gasteiger partial charge is 0.382 e. The van der Waals surface area contributed by atoms with Crippen molar-refractivity contribution >= 4 is 0 Å². The first-order valence-electron chi connectivity index (χ1n) is 3.20. The van der Waals surface area contributed by atoms with Gasteiger partial charge in [-0.3, -0.25) is 0 Å². The molecule has 2 N–H and O–H groups in total. The molecule has 0 saturated carbocycles. The van der Waals surface area contributed by atoms with Crippen LogP contribution in [0, 0.1) is 0 Å². The summed E-state index contributed by atoms with van der Waals surface area (Å²) in [5, 5.41) is 16.7. The van der Waals surface area contributed by atoms with Crippen LogP contribution in [0.2, 0.25) is 0 Å². The topological polar surface area (TPSA) is 58.9 Å². The minimum Gasteiger partial charge on any atom is -0.382 e. The van der Waals surface area contributed by atoms with Gasteiger partial charge in [-0.15, -0.1) is 0 Å². The highest BCUT2D eigenvalue weighted by atomic mass is 16.5. The summed E-state index contributed by atoms with van der Waals surface area (Å²) in [6.45, 7) is 1.41. The number of hydrogen-bond acceptors (Lipinski definition) is 4. The Balaban J connectivity index is 2.77. The zero-order valence-corrected chi connectivity index (χ0v) is 6.12. The van der Waals surface area contributed by atoms with Gasteiger partial charge in [0.25, 0.3) is 0 Å². The molecule has 0 aliphatic carbocycles. The van der Waals surface area contributed by atoms with Crippen molar-refractivity contribution in [2.24, 2.45) is 0 Å². The van der Waals surface area contributed by atoms with Gasteiger partial charge in [0.2, 0.25) is 0 Å². The Morgan fingerprint density at radius 3 is 2.40 bits per heavy atom. The summed E-state index contributed by atoms with van der Waals surface area (Å²) >= 11 is 0. The monoisotopic (exact) mass is 150 g/mol. The molecule has 0 aromatic rings. The fraction of sp³-hybridized carbons (Fsp3) is 1.00. The first kappa shape index (κ1) is 9.84. The molecule has 62 valence electrons. The van der Waals surface area contributed by atoms with Crippen LogP contribution in [-0.4, -0.2) is 43.4 Å². The van der Waals surface area contributed by atoms with E-state index >= 15 is 0 Å². The molecule has 4 nitrogen and oxygen atoms in total. The van der Waals surface area contributed by atoms with Crippen LogP contribution in [0.5, 0.6) is 0 Å². The minimum absolute atomic E-state index is 0.254. The molecule has 0 radical (unpaired) electrons. The van der Waals surface area contributed by atoms with Crippen molar-refractivity contribution in [3.63, 3.8) is 0 Å². The highest BCUT2D eigenvalue weighted by Gasteiger charge is 1.95. The number of aliphatic hydroxyl groups is 2. The number of aliphatic hydroxyl groups excluding tert-OH is 1. The molecule has 0 rings (SSSR count). The highest BCUT2D eigenvalue weighted by Crippen LogP contribution is 1.86. The van der Waals surface area contributed by atoms with E-state index in [1.54, 1.807) is 7.11 Å². The highest BCUT2D eigenvalue weighted by molar-refractivity contribution is 4.36. The van der Waals surface area contributed by atoms with Crippen LogP contribution in [0.25, 0.3) is 0 Å². The standard InChI is InChI=1S/C6H14O4/c1-9-4-5-10-3-2-6(7)8/h6-8H,2-5H2,1H3. The third-order valence-electron chi connectivity index (χ3n) is 0.952. The zero-order valence-electron chi connectivity index (χ0n) is 6.12. The van der Waals surface area contributed by atoms with Crippen LogP contribution in [0.4, 0.5) is 0 Å². The second kappa shape index (κ2) is 6.95. The van der Waals surface area contributed by atoms with E-state index in [-0.39, 0.29) is 6.42 Å². The molecule has 4 heteroatoms. The first-order valence-corrected chi connectivity index (χ1v) is 3.20. The summed E-state index contributed by atoms with van der Waals surface area (Å²) in [5.41, 5.74) is 0. The third-order valence-corrected chi connectivity index (χ3v) is 0.952. The summed E-state index contributed by atoms with van der Waals surface area (Å²) in [7, 11) is 1.59. The van der Waals surface area contributed by atoms with E-state index in [4.69, 9.17) is 19.7 Å². The summed E-state index contributed by atoms with van der Waals surface area (Å²) < 4.78 is 9.64. The Morgan fingerprint density at radius 1 is 1.20 bits per heavy atom. The lowest BCUT2D eigenvalue weighted by atomic mass is 10.4. The molecule has 0 spiro atoms. The van der Waals surface area contributed by atoms with Crippen molar-refractivity contribution in [3.8, 4) is 0 Å². The fourth-order valence-corrected chi connectivity index (χ4v) is 0.433. The predicted molar refractivity (Wildman–Crippen MR) is 35.5 cm³/mol. The second-order valence-corrected chi connectivity index (χ2v) is 1.87. The van der Waals surface area contributed by atoms with E-state index in [1.165, 1.54) is 0 Å². The maximum atomic E-state index is 8.35. The number of hydrogen-bond donors (Lipinski definition) is 2. The summed E-state index contributed by atoms with van der Waals surface area (Å²) in [4.78, 5) is 0. The van der Waals surface area contributed by atoms with Crippen molar-refractivity contribution in [3.05, 3.63) is 0 Å². The van der Waals surface area contributed by atoms with Gasteiger partial charge in [0.1, 0.15) is 0 Å². The summed E-state index contributed by atoms with van der Waals surface area (Å²) in [6, 6.07) is 0. The Hall–Kier alpha value is -0.160. The van der Waals surface area contributed by atoms with Gasteiger partial charge in [0.05, 0.1) is 19.8 Å². The van der Waals surface area contributed by atoms with Crippen molar-refractivity contribution in [1.29, 1.82) is 0 Å². The van der Waals surface area contributed by atoms with Crippen molar-refractivity contribution in [2.75, 3.05) is 26.9 Å². The number of ether oxygens (including phenoxy) is 2. The molecule has 0 aromatic carbocycles. The average molecular weight is 150 g/mol. The Morgan fingerprint density at radius 2 is 1.90 bits per heavy atom. The van der Waals surface area contributed by atoms with Gasteiger partial charge in [-0.1, -0.05) is 0 Å². The van der Waals surface area contributed by atoms with E-state index in [0.29, 0.717) is 19.8 Å². The van der Waals surface area contributed by atoms with Crippen LogP contribution in [0.3, 0.4) is 0 Å². The van der Waals surface area contributed by atoms with Gasteiger partial charge >= 0.3 is 0 Å². The summed E-state index contributed by atoms with van der Waals surface area (Å²) in [6.07, 6.45) is -1.01. The van der Waals surface area contributed by atoms with Crippen LogP contribution >= 0.6 is 0 Å². The van der Waals surface area contributed by atoms with Gasteiger partial charge in [-0.25, -0.2) is 0 Å². The van der Waals surface area contributed by atoms with Crippen LogP contribution in [-0.2, 0) is 9.47 Å². The van der Waals surface area contributed by atoms with Crippen molar-refractivity contribution < 1.29 is 19.7 Å². The zero-order chi connectivity index (χ0) is 7.82. The Bertz CT molecular complexity index is 64.8. The van der Waals surface area contributed by atoms with E-state index < -0.39 is 6.29 Å². The molecule has 0 bridgehead atoms. The fourth-order valence-electron chi connectivity index (χ4n) is 0.433. The van der Waals surface area contributed by atoms with Crippen molar-refractivity contribution in [1.82, 2.24) is 0 Å². The lowest BCUT2D eigenvalue weighted by Gasteiger charge is -2.03. The van der Waals surface area contributed by atoms with Gasteiger partial charge in [0, 0.05) is 13.5 Å². The molecule has 0 aliphatic heterocycles. The quantitative estimate of drug-likeness (QED) is 0.390. The molecule has 0 amide bonds. The first-order chi connectivity index (χ1) is 4.77. The summed E-state index contributed by atoms with van der Waals surface area (Å²) in [5.74, 6) is 0. The van der Waals surface area contributed by atoms with Gasteiger partial charge in [-0.05, 0) is 0 Å². The number of rotatable bonds is 6. The van der Waals surface area contributed by atoms with E-state index in [9.17, 15) is 0 Å². The average Bonchev–Trinajstić information content (AvgIpc) is 1.87. The van der Waals surface area contributed by atoms with Gasteiger partial charge < -0.3 is 19.7 Å². The van der Waals surface area contributed by atoms with Crippen LogP contribution in [0.1, 0.15) is 6.42 Å². The normalized spacial score (nSPS) is 10.8. The van der Waals surface area contributed by atoms with Crippen LogP contribution in [0.15, 0.2) is 0 Å². The molecule has 0 fully saturated rings. The van der Waals surface area contributed by atoms with Crippen molar-refractivity contribution in [2.45, 2.75) is 12.7 Å². The third kappa shape index (κ3) is 7.84. The van der Waals surface area contributed by atoms with Gasteiger partial charge in [0.15, 0.2) is 6.29 Å². The number of methoxy groups -OCH3 is 1. The lowest BCUT2D eigenvalue weighted by molar-refractivity contribution is -0.0634. The SMILES string of the molecule is COCCOCCC(O)O. The predicted octanol–water partition coefficient (Wildman–Crippen LogP) is -0.650. The Labute approximate surface area is 60.4 Å². The molecule has 0 saturated heterocycles. The molecule has 0 aromatic heterocycles. The maximum absolute atomic E-state index is 8.35. The van der Waals surface area contributed by atoms with Crippen LogP contribution < -0.4 is 0 Å². The smallest absolute Gasteiger partial charge is 0.153 e. The lowest BCUT2D eigenvalue weighted by Crippen LogP contribution is -2.10. The minimum atomic E-state index is -1.26. The molecule has 0 heterocycles. The molecule has 0 unspecified atom stereocenters. The molecular weight excluding hydrogens is 136 g/mol. The Kier molecular flexibility index (Phi) is 6.84. The maximum Gasteiger partial charge on any atom is 0.153 e. The molecule has 10 heavy (non-hydrogen) atoms. The molecular formula is C6H14O4. The second-order valence-electron chi connectivity index (χ2n) is 1.87. The van der Waals surface area contributed by atoms with E-state index in [2.05, 4.69) is 0 Å². The van der Waals surface area contributed by atoms with E-state index in [0.717, 1.165) is 0 Å².